The molecular formula is C18H21ClN2O. The van der Waals surface area contributed by atoms with Gasteiger partial charge in [-0.15, -0.1) is 12.4 Å². The molecule has 1 aliphatic heterocycles. The molecule has 3 nitrogen and oxygen atoms in total. The minimum Gasteiger partial charge on any atom is -0.384 e. The topological polar surface area (TPSA) is 32.3 Å². The second-order valence-corrected chi connectivity index (χ2v) is 5.70. The van der Waals surface area contributed by atoms with E-state index >= 15 is 0 Å². The molecule has 1 heterocycles. The predicted octanol–water partition coefficient (Wildman–Crippen LogP) is 3.66. The van der Waals surface area contributed by atoms with E-state index in [1.165, 1.54) is 11.1 Å². The number of amides is 1. The van der Waals surface area contributed by atoms with Crippen LogP contribution >= 0.6 is 12.4 Å². The van der Waals surface area contributed by atoms with E-state index in [0.717, 1.165) is 29.8 Å². The molecule has 1 aliphatic rings. The van der Waals surface area contributed by atoms with Crippen LogP contribution in [0.25, 0.3) is 0 Å². The molecule has 0 spiro atoms. The summed E-state index contributed by atoms with van der Waals surface area (Å²) in [5.74, 6) is 0.0743. The van der Waals surface area contributed by atoms with Crippen LogP contribution in [0.1, 0.15) is 27.0 Å². The van der Waals surface area contributed by atoms with Gasteiger partial charge in [-0.3, -0.25) is 4.79 Å². The first-order valence-electron chi connectivity index (χ1n) is 7.31. The van der Waals surface area contributed by atoms with Crippen LogP contribution in [0.2, 0.25) is 0 Å². The smallest absolute Gasteiger partial charge is 0.253 e. The van der Waals surface area contributed by atoms with Crippen molar-refractivity contribution < 1.29 is 4.79 Å². The fourth-order valence-corrected chi connectivity index (χ4v) is 2.70. The van der Waals surface area contributed by atoms with Crippen molar-refractivity contribution in [2.24, 2.45) is 0 Å². The van der Waals surface area contributed by atoms with Crippen molar-refractivity contribution >= 4 is 24.0 Å². The number of nitrogens with one attached hydrogen (secondary N) is 1. The zero-order valence-corrected chi connectivity index (χ0v) is 13.7. The van der Waals surface area contributed by atoms with Crippen LogP contribution in [0.3, 0.4) is 0 Å². The molecule has 1 amide bonds. The monoisotopic (exact) mass is 316 g/mol. The Bertz CT molecular complexity index is 667. The Kier molecular flexibility index (Phi) is 5.09. The maximum absolute atomic E-state index is 12.5. The molecule has 4 heteroatoms. The van der Waals surface area contributed by atoms with Gasteiger partial charge in [-0.25, -0.2) is 0 Å². The normalized spacial score (nSPS) is 12.1. The summed E-state index contributed by atoms with van der Waals surface area (Å²) in [7, 11) is 1.85. The Morgan fingerprint density at radius 1 is 1.18 bits per heavy atom. The molecule has 0 bridgehead atoms. The van der Waals surface area contributed by atoms with Gasteiger partial charge >= 0.3 is 0 Å². The van der Waals surface area contributed by atoms with Crippen molar-refractivity contribution in [3.8, 4) is 0 Å². The number of hydrogen-bond acceptors (Lipinski definition) is 2. The van der Waals surface area contributed by atoms with Gasteiger partial charge in [0.15, 0.2) is 0 Å². The Balaban J connectivity index is 0.00000176. The Morgan fingerprint density at radius 2 is 1.91 bits per heavy atom. The lowest BCUT2D eigenvalue weighted by atomic mass is 10.1. The maximum atomic E-state index is 12.5. The van der Waals surface area contributed by atoms with Crippen molar-refractivity contribution in [3.63, 3.8) is 0 Å². The minimum absolute atomic E-state index is 0. The lowest BCUT2D eigenvalue weighted by molar-refractivity contribution is 0.0785. The molecule has 0 saturated heterocycles. The molecule has 0 saturated carbocycles. The van der Waals surface area contributed by atoms with E-state index in [1.807, 2.05) is 25.2 Å². The lowest BCUT2D eigenvalue weighted by Gasteiger charge is -2.18. The number of carbonyl (C=O) groups is 1. The highest BCUT2D eigenvalue weighted by Crippen LogP contribution is 2.23. The highest BCUT2D eigenvalue weighted by atomic mass is 35.5. The zero-order chi connectivity index (χ0) is 14.8. The van der Waals surface area contributed by atoms with E-state index in [0.29, 0.717) is 6.54 Å². The Hall–Kier alpha value is -2.00. The molecule has 0 radical (unpaired) electrons. The van der Waals surface area contributed by atoms with Gasteiger partial charge in [-0.2, -0.15) is 0 Å². The largest absolute Gasteiger partial charge is 0.384 e. The predicted molar refractivity (Wildman–Crippen MR) is 92.9 cm³/mol. The number of nitrogens with zero attached hydrogens (tertiary/aromatic N) is 1. The molecule has 1 N–H and O–H groups in total. The van der Waals surface area contributed by atoms with Crippen LogP contribution in [-0.4, -0.2) is 24.4 Å². The van der Waals surface area contributed by atoms with Gasteiger partial charge in [0.2, 0.25) is 0 Å². The highest BCUT2D eigenvalue weighted by molar-refractivity contribution is 5.94. The third-order valence-corrected chi connectivity index (χ3v) is 3.95. The molecular weight excluding hydrogens is 296 g/mol. The number of hydrogen-bond donors (Lipinski definition) is 1. The number of aryl methyl sites for hydroxylation is 1. The first-order valence-corrected chi connectivity index (χ1v) is 7.31. The first-order chi connectivity index (χ1) is 10.1. The number of rotatable bonds is 3. The van der Waals surface area contributed by atoms with Gasteiger partial charge in [0, 0.05) is 31.4 Å². The average molecular weight is 317 g/mol. The number of fused-ring (bicyclic) bond motifs is 1. The van der Waals surface area contributed by atoms with Crippen LogP contribution in [0.15, 0.2) is 42.5 Å². The van der Waals surface area contributed by atoms with Crippen LogP contribution < -0.4 is 5.32 Å². The average Bonchev–Trinajstić information content (AvgIpc) is 2.96. The van der Waals surface area contributed by atoms with Gasteiger partial charge in [0.05, 0.1) is 0 Å². The summed E-state index contributed by atoms with van der Waals surface area (Å²) in [5, 5.41) is 3.32. The van der Waals surface area contributed by atoms with Gasteiger partial charge in [0.25, 0.3) is 5.91 Å². The van der Waals surface area contributed by atoms with Crippen molar-refractivity contribution in [1.29, 1.82) is 0 Å². The summed E-state index contributed by atoms with van der Waals surface area (Å²) in [5.41, 5.74) is 5.56. The molecule has 116 valence electrons. The van der Waals surface area contributed by atoms with Crippen LogP contribution in [-0.2, 0) is 13.0 Å². The van der Waals surface area contributed by atoms with E-state index in [4.69, 9.17) is 0 Å². The van der Waals surface area contributed by atoms with Gasteiger partial charge in [0.1, 0.15) is 0 Å². The van der Waals surface area contributed by atoms with Crippen molar-refractivity contribution in [2.45, 2.75) is 19.9 Å². The first kappa shape index (κ1) is 16.4. The third-order valence-electron chi connectivity index (χ3n) is 3.95. The molecule has 0 aliphatic carbocycles. The minimum atomic E-state index is 0. The molecule has 0 atom stereocenters. The number of carbonyl (C=O) groups excluding carboxylic acids is 1. The number of benzene rings is 2. The maximum Gasteiger partial charge on any atom is 0.253 e. The van der Waals surface area contributed by atoms with Gasteiger partial charge < -0.3 is 10.2 Å². The lowest BCUT2D eigenvalue weighted by Crippen LogP contribution is -2.26. The second-order valence-electron chi connectivity index (χ2n) is 5.70. The summed E-state index contributed by atoms with van der Waals surface area (Å²) < 4.78 is 0. The standard InChI is InChI=1S/C18H20N2O.ClH/c1-13-3-5-14(6-4-13)12-20(2)18(21)16-7-8-17-15(11-16)9-10-19-17;/h3-8,11,19H,9-10,12H2,1-2H3;1H. The SMILES string of the molecule is Cc1ccc(CN(C)C(=O)c2ccc3c(c2)CCN3)cc1.Cl. The fourth-order valence-electron chi connectivity index (χ4n) is 2.70. The molecule has 22 heavy (non-hydrogen) atoms. The summed E-state index contributed by atoms with van der Waals surface area (Å²) in [6.45, 7) is 3.66. The van der Waals surface area contributed by atoms with Crippen LogP contribution in [0.5, 0.6) is 0 Å². The van der Waals surface area contributed by atoms with E-state index < -0.39 is 0 Å². The zero-order valence-electron chi connectivity index (χ0n) is 12.9. The summed E-state index contributed by atoms with van der Waals surface area (Å²) in [4.78, 5) is 14.3. The van der Waals surface area contributed by atoms with Crippen molar-refractivity contribution in [1.82, 2.24) is 4.90 Å². The molecule has 0 fully saturated rings. The number of anilines is 1. The second kappa shape index (κ2) is 6.84. The van der Waals surface area contributed by atoms with Crippen LogP contribution in [0, 0.1) is 6.92 Å². The molecule has 2 aromatic rings. The fraction of sp³-hybridized carbons (Fsp3) is 0.278. The summed E-state index contributed by atoms with van der Waals surface area (Å²) in [6.07, 6.45) is 0.998. The van der Waals surface area contributed by atoms with E-state index in [-0.39, 0.29) is 18.3 Å². The Labute approximate surface area is 137 Å². The van der Waals surface area contributed by atoms with Gasteiger partial charge in [-0.1, -0.05) is 29.8 Å². The highest BCUT2D eigenvalue weighted by Gasteiger charge is 2.16. The Morgan fingerprint density at radius 3 is 2.64 bits per heavy atom. The molecule has 3 rings (SSSR count). The van der Waals surface area contributed by atoms with E-state index in [2.05, 4.69) is 36.5 Å². The van der Waals surface area contributed by atoms with Crippen LogP contribution in [0.4, 0.5) is 5.69 Å². The summed E-state index contributed by atoms with van der Waals surface area (Å²) >= 11 is 0. The summed E-state index contributed by atoms with van der Waals surface area (Å²) in [6, 6.07) is 14.2. The molecule has 0 aromatic heterocycles. The van der Waals surface area contributed by atoms with Crippen molar-refractivity contribution in [3.05, 3.63) is 64.7 Å². The molecule has 0 unspecified atom stereocenters. The number of halogens is 1. The van der Waals surface area contributed by atoms with Crippen molar-refractivity contribution in [2.75, 3.05) is 18.9 Å². The quantitative estimate of drug-likeness (QED) is 0.937. The van der Waals surface area contributed by atoms with E-state index in [1.54, 1.807) is 4.90 Å². The molecule has 2 aromatic carbocycles. The third kappa shape index (κ3) is 3.42. The van der Waals surface area contributed by atoms with Gasteiger partial charge in [-0.05, 0) is 42.7 Å². The van der Waals surface area contributed by atoms with E-state index in [9.17, 15) is 4.79 Å².